The summed E-state index contributed by atoms with van der Waals surface area (Å²) >= 11 is 1.63. The molecule has 0 bridgehead atoms. The van der Waals surface area contributed by atoms with E-state index < -0.39 is 5.97 Å². The smallest absolute Gasteiger partial charge is 0.308 e. The Morgan fingerprint density at radius 3 is 2.79 bits per heavy atom. The van der Waals surface area contributed by atoms with Crippen molar-refractivity contribution in [2.75, 3.05) is 12.8 Å². The largest absolute Gasteiger partial charge is 0.481 e. The summed E-state index contributed by atoms with van der Waals surface area (Å²) < 4.78 is 0. The number of nitrogens with zero attached hydrogens (tertiary/aromatic N) is 2. The van der Waals surface area contributed by atoms with Crippen LogP contribution in [0.2, 0.25) is 0 Å². The normalized spacial score (nSPS) is 22.7. The minimum atomic E-state index is -0.721. The fraction of sp³-hybridized carbons (Fsp3) is 0.429. The Morgan fingerprint density at radius 1 is 1.53 bits per heavy atom. The summed E-state index contributed by atoms with van der Waals surface area (Å²) in [6, 6.07) is 9.77. The van der Waals surface area contributed by atoms with Gasteiger partial charge in [0.05, 0.1) is 17.6 Å². The molecule has 2 unspecified atom stereocenters. The molecule has 0 radical (unpaired) electrons. The maximum atomic E-state index is 11.3. The third-order valence-electron chi connectivity index (χ3n) is 3.38. The number of amidine groups is 1. The van der Waals surface area contributed by atoms with Crippen molar-refractivity contribution in [3.05, 3.63) is 30.3 Å². The van der Waals surface area contributed by atoms with Crippen LogP contribution in [0.5, 0.6) is 0 Å². The maximum absolute atomic E-state index is 11.3. The van der Waals surface area contributed by atoms with E-state index in [1.807, 2.05) is 49.2 Å². The van der Waals surface area contributed by atoms with Crippen LogP contribution in [0.4, 0.5) is 5.69 Å². The molecule has 2 rings (SSSR count). The van der Waals surface area contributed by atoms with Gasteiger partial charge in [-0.2, -0.15) is 0 Å². The highest BCUT2D eigenvalue weighted by Crippen LogP contribution is 2.30. The van der Waals surface area contributed by atoms with Gasteiger partial charge >= 0.3 is 5.97 Å². The van der Waals surface area contributed by atoms with E-state index in [4.69, 9.17) is 0 Å². The Morgan fingerprint density at radius 2 is 2.21 bits per heavy atom. The van der Waals surface area contributed by atoms with Crippen LogP contribution in [0.25, 0.3) is 0 Å². The fourth-order valence-electron chi connectivity index (χ4n) is 2.24. The summed E-state index contributed by atoms with van der Waals surface area (Å²) in [6.07, 6.45) is 0.642. The van der Waals surface area contributed by atoms with Gasteiger partial charge in [0, 0.05) is 12.8 Å². The summed E-state index contributed by atoms with van der Waals surface area (Å²) in [4.78, 5) is 17.8. The zero-order valence-corrected chi connectivity index (χ0v) is 11.9. The highest BCUT2D eigenvalue weighted by Gasteiger charge is 2.36. The second-order valence-corrected chi connectivity index (χ2v) is 5.56. The standard InChI is InChI=1S/C14H18N2O2S/c1-3-11(13(17)18)12-9-19-14(16(12)2)15-10-7-5-4-6-8-10/h4-8,11-12H,3,9H2,1-2H3,(H,17,18). The molecule has 1 aromatic carbocycles. The molecular weight excluding hydrogens is 260 g/mol. The summed E-state index contributed by atoms with van der Waals surface area (Å²) in [5.74, 6) is -0.269. The van der Waals surface area contributed by atoms with Gasteiger partial charge in [-0.3, -0.25) is 4.79 Å². The minimum Gasteiger partial charge on any atom is -0.481 e. The van der Waals surface area contributed by atoms with Crippen molar-refractivity contribution in [3.63, 3.8) is 0 Å². The number of thioether (sulfide) groups is 1. The van der Waals surface area contributed by atoms with E-state index in [0.717, 1.165) is 16.6 Å². The second kappa shape index (κ2) is 6.10. The number of carboxylic acid groups (broad SMARTS) is 1. The maximum Gasteiger partial charge on any atom is 0.308 e. The molecule has 5 heteroatoms. The molecule has 19 heavy (non-hydrogen) atoms. The quantitative estimate of drug-likeness (QED) is 0.920. The number of aliphatic carboxylic acids is 1. The van der Waals surface area contributed by atoms with E-state index in [0.29, 0.717) is 6.42 Å². The van der Waals surface area contributed by atoms with E-state index in [-0.39, 0.29) is 12.0 Å². The van der Waals surface area contributed by atoms with Crippen LogP contribution in [0.1, 0.15) is 13.3 Å². The SMILES string of the molecule is CCC(C(=O)O)C1CSC(=Nc2ccccc2)N1C. The van der Waals surface area contributed by atoms with Crippen molar-refractivity contribution in [1.82, 2.24) is 4.90 Å². The zero-order valence-electron chi connectivity index (χ0n) is 11.1. The third-order valence-corrected chi connectivity index (χ3v) is 4.53. The molecule has 0 spiro atoms. The van der Waals surface area contributed by atoms with E-state index in [1.54, 1.807) is 11.8 Å². The molecule has 0 aliphatic carbocycles. The molecule has 1 saturated heterocycles. The number of carbonyl (C=O) groups is 1. The zero-order chi connectivity index (χ0) is 13.8. The van der Waals surface area contributed by atoms with Gasteiger partial charge in [0.2, 0.25) is 0 Å². The molecule has 1 N–H and O–H groups in total. The number of aliphatic imine (C=N–C) groups is 1. The first kappa shape index (κ1) is 13.9. The van der Waals surface area contributed by atoms with Gasteiger partial charge in [0.15, 0.2) is 5.17 Å². The van der Waals surface area contributed by atoms with Crippen LogP contribution in [-0.2, 0) is 4.79 Å². The summed E-state index contributed by atoms with van der Waals surface area (Å²) in [7, 11) is 1.93. The van der Waals surface area contributed by atoms with Crippen LogP contribution in [-0.4, -0.2) is 40.0 Å². The second-order valence-electron chi connectivity index (χ2n) is 4.57. The molecule has 1 fully saturated rings. The topological polar surface area (TPSA) is 52.9 Å². The molecule has 1 heterocycles. The lowest BCUT2D eigenvalue weighted by atomic mass is 9.98. The van der Waals surface area contributed by atoms with Gasteiger partial charge in [0.25, 0.3) is 0 Å². The number of benzene rings is 1. The number of carboxylic acids is 1. The van der Waals surface area contributed by atoms with Crippen LogP contribution in [0.3, 0.4) is 0 Å². The highest BCUT2D eigenvalue weighted by molar-refractivity contribution is 8.14. The van der Waals surface area contributed by atoms with Gasteiger partial charge in [-0.15, -0.1) is 0 Å². The lowest BCUT2D eigenvalue weighted by Crippen LogP contribution is -2.39. The fourth-order valence-corrected chi connectivity index (χ4v) is 3.52. The van der Waals surface area contributed by atoms with Gasteiger partial charge in [-0.1, -0.05) is 36.9 Å². The molecule has 0 saturated carbocycles. The Balaban J connectivity index is 2.16. The molecule has 4 nitrogen and oxygen atoms in total. The average molecular weight is 278 g/mol. The van der Waals surface area contributed by atoms with Crippen molar-refractivity contribution in [2.45, 2.75) is 19.4 Å². The molecule has 1 aromatic rings. The molecule has 0 amide bonds. The minimum absolute atomic E-state index is 0.0231. The van der Waals surface area contributed by atoms with Gasteiger partial charge < -0.3 is 10.0 Å². The first-order valence-corrected chi connectivity index (χ1v) is 7.34. The van der Waals surface area contributed by atoms with Gasteiger partial charge in [-0.05, 0) is 18.6 Å². The number of hydrogen-bond acceptors (Lipinski definition) is 3. The van der Waals surface area contributed by atoms with Crippen LogP contribution >= 0.6 is 11.8 Å². The van der Waals surface area contributed by atoms with Crippen LogP contribution < -0.4 is 0 Å². The summed E-state index contributed by atoms with van der Waals surface area (Å²) in [6.45, 7) is 1.92. The molecule has 2 atom stereocenters. The van der Waals surface area contributed by atoms with Crippen molar-refractivity contribution >= 4 is 28.6 Å². The van der Waals surface area contributed by atoms with Crippen molar-refractivity contribution < 1.29 is 9.90 Å². The van der Waals surface area contributed by atoms with E-state index in [9.17, 15) is 9.90 Å². The lowest BCUT2D eigenvalue weighted by molar-refractivity contribution is -0.143. The van der Waals surface area contributed by atoms with E-state index in [2.05, 4.69) is 4.99 Å². The number of hydrogen-bond donors (Lipinski definition) is 1. The summed E-state index contributed by atoms with van der Waals surface area (Å²) in [5, 5.41) is 10.2. The van der Waals surface area contributed by atoms with Crippen molar-refractivity contribution in [3.8, 4) is 0 Å². The highest BCUT2D eigenvalue weighted by atomic mass is 32.2. The van der Waals surface area contributed by atoms with Crippen molar-refractivity contribution in [1.29, 1.82) is 0 Å². The first-order valence-electron chi connectivity index (χ1n) is 6.35. The predicted octanol–water partition coefficient (Wildman–Crippen LogP) is 2.83. The molecule has 102 valence electrons. The van der Waals surface area contributed by atoms with E-state index in [1.165, 1.54) is 0 Å². The van der Waals surface area contributed by atoms with E-state index >= 15 is 0 Å². The molecule has 1 aliphatic heterocycles. The molecule has 1 aliphatic rings. The Hall–Kier alpha value is -1.49. The summed E-state index contributed by atoms with van der Waals surface area (Å²) in [5.41, 5.74) is 0.904. The molecule has 0 aromatic heterocycles. The Bertz CT molecular complexity index is 476. The molecular formula is C14H18N2O2S. The monoisotopic (exact) mass is 278 g/mol. The lowest BCUT2D eigenvalue weighted by Gasteiger charge is -2.25. The average Bonchev–Trinajstić information content (AvgIpc) is 2.74. The van der Waals surface area contributed by atoms with Gasteiger partial charge in [0.1, 0.15) is 0 Å². The Kier molecular flexibility index (Phi) is 4.47. The van der Waals surface area contributed by atoms with Gasteiger partial charge in [-0.25, -0.2) is 4.99 Å². The number of rotatable bonds is 4. The van der Waals surface area contributed by atoms with Crippen LogP contribution in [0, 0.1) is 5.92 Å². The van der Waals surface area contributed by atoms with Crippen LogP contribution in [0.15, 0.2) is 35.3 Å². The predicted molar refractivity (Wildman–Crippen MR) is 79.0 cm³/mol. The first-order chi connectivity index (χ1) is 9.13. The number of para-hydroxylation sites is 1. The van der Waals surface area contributed by atoms with Crippen molar-refractivity contribution in [2.24, 2.45) is 10.9 Å². The Labute approximate surface area is 117 Å². The third kappa shape index (κ3) is 3.10.